The lowest BCUT2D eigenvalue weighted by atomic mass is 10.1. The minimum absolute atomic E-state index is 0.0263. The van der Waals surface area contributed by atoms with Crippen molar-refractivity contribution < 1.29 is 33.0 Å². The van der Waals surface area contributed by atoms with Crippen molar-refractivity contribution in [3.8, 4) is 28.3 Å². The van der Waals surface area contributed by atoms with Gasteiger partial charge in [-0.1, -0.05) is 0 Å². The van der Waals surface area contributed by atoms with E-state index in [0.717, 1.165) is 34.6 Å². The molecule has 0 atom stereocenters. The Bertz CT molecular complexity index is 1080. The van der Waals surface area contributed by atoms with Crippen molar-refractivity contribution in [2.45, 2.75) is 12.6 Å². The van der Waals surface area contributed by atoms with E-state index in [2.05, 4.69) is 15.3 Å². The van der Waals surface area contributed by atoms with Gasteiger partial charge in [0.05, 0.1) is 11.3 Å². The molecule has 156 valence electrons. The van der Waals surface area contributed by atoms with Crippen LogP contribution in [0, 0.1) is 0 Å². The highest BCUT2D eigenvalue weighted by molar-refractivity contribution is 5.97. The molecule has 0 radical (unpaired) electrons. The molecule has 1 aliphatic rings. The Kier molecular flexibility index (Phi) is 5.77. The number of benzene rings is 1. The van der Waals surface area contributed by atoms with Gasteiger partial charge in [0, 0.05) is 41.7 Å². The average molecular weight is 419 g/mol. The number of carboxylic acids is 1. The van der Waals surface area contributed by atoms with Crippen LogP contribution in [0.2, 0.25) is 0 Å². The first-order valence-electron chi connectivity index (χ1n) is 8.71. The summed E-state index contributed by atoms with van der Waals surface area (Å²) in [5.41, 5.74) is 5.33. The van der Waals surface area contributed by atoms with E-state index in [-0.39, 0.29) is 11.7 Å². The molecule has 1 amide bonds. The van der Waals surface area contributed by atoms with Gasteiger partial charge in [0.2, 0.25) is 0 Å². The van der Waals surface area contributed by atoms with Gasteiger partial charge in [-0.15, -0.1) is 0 Å². The number of nitrogens with one attached hydrogen (secondary N) is 2. The molecule has 0 unspecified atom stereocenters. The molecule has 0 aliphatic carbocycles. The lowest BCUT2D eigenvalue weighted by Gasteiger charge is -2.10. The van der Waals surface area contributed by atoms with Crippen LogP contribution >= 0.6 is 0 Å². The van der Waals surface area contributed by atoms with Crippen LogP contribution in [0.1, 0.15) is 16.1 Å². The Labute approximate surface area is 168 Å². The third-order valence-corrected chi connectivity index (χ3v) is 4.28. The predicted molar refractivity (Wildman–Crippen MR) is 101 cm³/mol. The Morgan fingerprint density at radius 1 is 1.07 bits per heavy atom. The standard InChI is InChI=1S/C18H15N3O2.C2HF3O2/c22-13-3-1-11(2-4-13)16-9-12(5-7-19-16)17-10-14-15(21-17)6-8-20-18(14)23;3-2(4,5)1(6)7/h1-5,7,9-10,21-22H,6,8H2,(H,20,23);(H,6,7). The van der Waals surface area contributed by atoms with Gasteiger partial charge in [-0.05, 0) is 42.5 Å². The molecule has 0 bridgehead atoms. The largest absolute Gasteiger partial charge is 0.508 e. The zero-order valence-electron chi connectivity index (χ0n) is 15.3. The average Bonchev–Trinajstić information content (AvgIpc) is 3.14. The number of pyridine rings is 1. The number of hydrogen-bond donors (Lipinski definition) is 4. The number of fused-ring (bicyclic) bond motifs is 1. The van der Waals surface area contributed by atoms with Crippen molar-refractivity contribution in [3.05, 3.63) is 59.9 Å². The number of phenolic OH excluding ortho intramolecular Hbond substituents is 1. The second-order valence-electron chi connectivity index (χ2n) is 6.36. The topological polar surface area (TPSA) is 115 Å². The van der Waals surface area contributed by atoms with Crippen LogP contribution in [0.5, 0.6) is 5.75 Å². The molecule has 7 nitrogen and oxygen atoms in total. The van der Waals surface area contributed by atoms with Gasteiger partial charge in [-0.25, -0.2) is 4.79 Å². The number of aromatic hydroxyl groups is 1. The van der Waals surface area contributed by atoms with E-state index in [1.165, 1.54) is 0 Å². The number of amides is 1. The number of nitrogens with zero attached hydrogens (tertiary/aromatic N) is 1. The normalized spacial score (nSPS) is 13.0. The SMILES string of the molecule is O=C(O)C(F)(F)F.O=C1NCCc2[nH]c(-c3ccnc(-c4ccc(O)cc4)c3)cc21. The van der Waals surface area contributed by atoms with E-state index >= 15 is 0 Å². The maximum absolute atomic E-state index is 11.9. The third kappa shape index (κ3) is 4.77. The number of rotatable bonds is 2. The maximum Gasteiger partial charge on any atom is 0.490 e. The number of carboxylic acid groups (broad SMARTS) is 1. The Balaban J connectivity index is 0.000000318. The second-order valence-corrected chi connectivity index (χ2v) is 6.36. The van der Waals surface area contributed by atoms with Gasteiger partial charge in [0.25, 0.3) is 5.91 Å². The summed E-state index contributed by atoms with van der Waals surface area (Å²) in [7, 11) is 0. The molecule has 0 fully saturated rings. The van der Waals surface area contributed by atoms with Crippen LogP contribution in [-0.2, 0) is 11.2 Å². The van der Waals surface area contributed by atoms with Crippen molar-refractivity contribution in [1.82, 2.24) is 15.3 Å². The minimum atomic E-state index is -5.08. The third-order valence-electron chi connectivity index (χ3n) is 4.28. The highest BCUT2D eigenvalue weighted by Gasteiger charge is 2.38. The molecule has 2 aromatic heterocycles. The summed E-state index contributed by atoms with van der Waals surface area (Å²) in [4.78, 5) is 28.5. The lowest BCUT2D eigenvalue weighted by Crippen LogP contribution is -2.31. The summed E-state index contributed by atoms with van der Waals surface area (Å²) < 4.78 is 31.7. The first-order valence-corrected chi connectivity index (χ1v) is 8.71. The number of H-pyrrole nitrogens is 1. The molecule has 0 spiro atoms. The number of alkyl halides is 3. The van der Waals surface area contributed by atoms with Gasteiger partial charge in [0.15, 0.2) is 0 Å². The van der Waals surface area contributed by atoms with Gasteiger partial charge in [-0.2, -0.15) is 13.2 Å². The zero-order valence-corrected chi connectivity index (χ0v) is 15.3. The van der Waals surface area contributed by atoms with Gasteiger partial charge >= 0.3 is 12.1 Å². The van der Waals surface area contributed by atoms with Crippen LogP contribution in [0.3, 0.4) is 0 Å². The van der Waals surface area contributed by atoms with E-state index in [1.54, 1.807) is 18.3 Å². The molecule has 0 saturated heterocycles. The summed E-state index contributed by atoms with van der Waals surface area (Å²) in [6, 6.07) is 12.7. The fraction of sp³-hybridized carbons (Fsp3) is 0.150. The molecule has 3 heterocycles. The van der Waals surface area contributed by atoms with Crippen LogP contribution in [0.25, 0.3) is 22.5 Å². The molecular formula is C20H16F3N3O4. The summed E-state index contributed by atoms with van der Waals surface area (Å²) in [6.45, 7) is 0.668. The van der Waals surface area contributed by atoms with Crippen LogP contribution in [0.4, 0.5) is 13.2 Å². The molecule has 3 aromatic rings. The number of phenols is 1. The fourth-order valence-corrected chi connectivity index (χ4v) is 2.84. The smallest absolute Gasteiger partial charge is 0.490 e. The van der Waals surface area contributed by atoms with E-state index < -0.39 is 12.1 Å². The van der Waals surface area contributed by atoms with E-state index in [9.17, 15) is 23.1 Å². The molecule has 4 rings (SSSR count). The lowest BCUT2D eigenvalue weighted by molar-refractivity contribution is -0.192. The number of aromatic amines is 1. The summed E-state index contributed by atoms with van der Waals surface area (Å²) in [6.07, 6.45) is -2.52. The molecule has 4 N–H and O–H groups in total. The highest BCUT2D eigenvalue weighted by atomic mass is 19.4. The van der Waals surface area contributed by atoms with Gasteiger partial charge in [0.1, 0.15) is 5.75 Å². The predicted octanol–water partition coefficient (Wildman–Crippen LogP) is 3.37. The summed E-state index contributed by atoms with van der Waals surface area (Å²) in [5, 5.41) is 19.4. The Hall–Kier alpha value is -3.82. The number of carbonyl (C=O) groups is 2. The molecular weight excluding hydrogens is 403 g/mol. The Morgan fingerprint density at radius 2 is 1.73 bits per heavy atom. The number of aliphatic carboxylic acids is 1. The monoisotopic (exact) mass is 419 g/mol. The van der Waals surface area contributed by atoms with Crippen molar-refractivity contribution in [1.29, 1.82) is 0 Å². The van der Waals surface area contributed by atoms with Crippen molar-refractivity contribution >= 4 is 11.9 Å². The van der Waals surface area contributed by atoms with Crippen LogP contribution in [0.15, 0.2) is 48.7 Å². The van der Waals surface area contributed by atoms with E-state index in [4.69, 9.17) is 9.90 Å². The molecule has 10 heteroatoms. The quantitative estimate of drug-likeness (QED) is 0.508. The van der Waals surface area contributed by atoms with Crippen LogP contribution in [-0.4, -0.2) is 44.8 Å². The molecule has 1 aromatic carbocycles. The first kappa shape index (κ1) is 20.9. The zero-order chi connectivity index (χ0) is 21.9. The van der Waals surface area contributed by atoms with Crippen LogP contribution < -0.4 is 5.32 Å². The first-order chi connectivity index (χ1) is 14.1. The van der Waals surface area contributed by atoms with Gasteiger partial charge in [-0.3, -0.25) is 9.78 Å². The maximum atomic E-state index is 11.9. The van der Waals surface area contributed by atoms with E-state index in [0.29, 0.717) is 12.1 Å². The number of carbonyl (C=O) groups excluding carboxylic acids is 1. The van der Waals surface area contributed by atoms with E-state index in [1.807, 2.05) is 30.3 Å². The number of aromatic nitrogens is 2. The molecule has 1 aliphatic heterocycles. The number of hydrogen-bond acceptors (Lipinski definition) is 4. The molecule has 30 heavy (non-hydrogen) atoms. The highest BCUT2D eigenvalue weighted by Crippen LogP contribution is 2.27. The van der Waals surface area contributed by atoms with Gasteiger partial charge < -0.3 is 20.5 Å². The minimum Gasteiger partial charge on any atom is -0.508 e. The Morgan fingerprint density at radius 3 is 2.33 bits per heavy atom. The fourth-order valence-electron chi connectivity index (χ4n) is 2.84. The second kappa shape index (κ2) is 8.27. The van der Waals surface area contributed by atoms with Crippen molar-refractivity contribution in [3.63, 3.8) is 0 Å². The summed E-state index contributed by atoms with van der Waals surface area (Å²) in [5.74, 6) is -2.55. The molecule has 0 saturated carbocycles. The van der Waals surface area contributed by atoms with Crippen molar-refractivity contribution in [2.75, 3.05) is 6.54 Å². The van der Waals surface area contributed by atoms with Crippen molar-refractivity contribution in [2.24, 2.45) is 0 Å². The summed E-state index contributed by atoms with van der Waals surface area (Å²) >= 11 is 0. The number of halogens is 3.